The number of methoxy groups -OCH3 is 1. The second-order valence-electron chi connectivity index (χ2n) is 6.31. The molecule has 0 aliphatic rings. The molecule has 0 aliphatic heterocycles. The van der Waals surface area contributed by atoms with Crippen LogP contribution < -0.4 is 10.1 Å². The van der Waals surface area contributed by atoms with Gasteiger partial charge in [0, 0.05) is 31.4 Å². The molecule has 1 heterocycles. The van der Waals surface area contributed by atoms with E-state index in [0.29, 0.717) is 37.8 Å². The number of ether oxygens (including phenoxy) is 1. The molecule has 0 fully saturated rings. The summed E-state index contributed by atoms with van der Waals surface area (Å²) in [5, 5.41) is 2.88. The summed E-state index contributed by atoms with van der Waals surface area (Å²) >= 11 is 0. The summed E-state index contributed by atoms with van der Waals surface area (Å²) in [7, 11) is 1.59. The Morgan fingerprint density at radius 3 is 2.59 bits per heavy atom. The number of nitrogens with zero attached hydrogens (tertiary/aromatic N) is 1. The van der Waals surface area contributed by atoms with Gasteiger partial charge in [-0.15, -0.1) is 0 Å². The van der Waals surface area contributed by atoms with Gasteiger partial charge in [-0.25, -0.2) is 4.98 Å². The van der Waals surface area contributed by atoms with E-state index < -0.39 is 0 Å². The minimum atomic E-state index is -0.0476. The molecule has 2 N–H and O–H groups in total. The van der Waals surface area contributed by atoms with Crippen LogP contribution in [0.5, 0.6) is 5.75 Å². The van der Waals surface area contributed by atoms with Gasteiger partial charge in [0.15, 0.2) is 5.78 Å². The van der Waals surface area contributed by atoms with E-state index in [1.54, 1.807) is 31.4 Å². The monoisotopic (exact) mass is 365 g/mol. The van der Waals surface area contributed by atoms with Crippen LogP contribution in [-0.4, -0.2) is 35.3 Å². The molecule has 0 saturated heterocycles. The molecule has 3 rings (SSSR count). The molecule has 3 aromatic rings. The molecule has 27 heavy (non-hydrogen) atoms. The Balaban J connectivity index is 1.36. The maximum atomic E-state index is 12.1. The fraction of sp³-hybridized carbons (Fsp3) is 0.286. The number of rotatable bonds is 9. The molecular weight excluding hydrogens is 342 g/mol. The average molecular weight is 365 g/mol. The molecule has 1 aromatic heterocycles. The van der Waals surface area contributed by atoms with Crippen LogP contribution in [-0.2, 0) is 11.2 Å². The Kier molecular flexibility index (Phi) is 6.20. The van der Waals surface area contributed by atoms with Crippen molar-refractivity contribution in [1.29, 1.82) is 0 Å². The zero-order chi connectivity index (χ0) is 19.1. The number of ketones is 1. The van der Waals surface area contributed by atoms with Crippen molar-refractivity contribution in [3.05, 3.63) is 59.9 Å². The molecule has 0 spiro atoms. The van der Waals surface area contributed by atoms with Crippen molar-refractivity contribution in [2.24, 2.45) is 0 Å². The smallest absolute Gasteiger partial charge is 0.220 e. The lowest BCUT2D eigenvalue weighted by Crippen LogP contribution is -2.25. The Bertz CT molecular complexity index is 883. The minimum absolute atomic E-state index is 0.0349. The number of amides is 1. The molecule has 2 aromatic carbocycles. The largest absolute Gasteiger partial charge is 0.497 e. The normalized spacial score (nSPS) is 10.7. The molecule has 0 atom stereocenters. The number of hydrogen-bond acceptors (Lipinski definition) is 4. The summed E-state index contributed by atoms with van der Waals surface area (Å²) < 4.78 is 5.08. The van der Waals surface area contributed by atoms with Crippen LogP contribution in [0.25, 0.3) is 11.0 Å². The van der Waals surface area contributed by atoms with Crippen LogP contribution in [0.3, 0.4) is 0 Å². The third kappa shape index (κ3) is 5.17. The van der Waals surface area contributed by atoms with E-state index >= 15 is 0 Å². The molecule has 0 aliphatic carbocycles. The maximum Gasteiger partial charge on any atom is 0.220 e. The Morgan fingerprint density at radius 1 is 1.07 bits per heavy atom. The van der Waals surface area contributed by atoms with Gasteiger partial charge in [-0.1, -0.05) is 12.1 Å². The van der Waals surface area contributed by atoms with E-state index in [1.165, 1.54) is 0 Å². The summed E-state index contributed by atoms with van der Waals surface area (Å²) in [5.74, 6) is 1.56. The number of hydrogen-bond donors (Lipinski definition) is 2. The quantitative estimate of drug-likeness (QED) is 0.570. The Labute approximate surface area is 158 Å². The number of carbonyl (C=O) groups excluding carboxylic acids is 2. The zero-order valence-corrected chi connectivity index (χ0v) is 15.3. The van der Waals surface area contributed by atoms with E-state index in [9.17, 15) is 9.59 Å². The predicted octanol–water partition coefficient (Wildman–Crippen LogP) is 3.28. The average Bonchev–Trinajstić information content (AvgIpc) is 3.10. The first-order valence-corrected chi connectivity index (χ1v) is 9.03. The summed E-state index contributed by atoms with van der Waals surface area (Å²) in [6, 6.07) is 14.8. The number of carbonyl (C=O) groups is 2. The van der Waals surface area contributed by atoms with Gasteiger partial charge in [0.2, 0.25) is 5.91 Å². The van der Waals surface area contributed by atoms with Gasteiger partial charge in [0.25, 0.3) is 0 Å². The van der Waals surface area contributed by atoms with Gasteiger partial charge < -0.3 is 15.0 Å². The second-order valence-corrected chi connectivity index (χ2v) is 6.31. The van der Waals surface area contributed by atoms with Crippen LogP contribution in [0.2, 0.25) is 0 Å². The number of nitrogens with one attached hydrogen (secondary N) is 2. The van der Waals surface area contributed by atoms with Crippen LogP contribution in [0.1, 0.15) is 35.4 Å². The molecule has 0 bridgehead atoms. The topological polar surface area (TPSA) is 84.1 Å². The fourth-order valence-electron chi connectivity index (χ4n) is 2.86. The van der Waals surface area contributed by atoms with Crippen LogP contribution in [0.4, 0.5) is 0 Å². The van der Waals surface area contributed by atoms with Gasteiger partial charge in [-0.2, -0.15) is 0 Å². The highest BCUT2D eigenvalue weighted by molar-refractivity contribution is 5.96. The standard InChI is InChI=1S/C21H23N3O3/c1-27-16-11-9-15(10-12-16)19(25)7-4-8-21(26)22-14-13-20-23-17-5-2-3-6-18(17)24-20/h2-3,5-6,9-12H,4,7-8,13-14H2,1H3,(H,22,26)(H,23,24). The summed E-state index contributed by atoms with van der Waals surface area (Å²) in [6.07, 6.45) is 1.86. The van der Waals surface area contributed by atoms with Crippen molar-refractivity contribution in [3.8, 4) is 5.75 Å². The molecular formula is C21H23N3O3. The van der Waals surface area contributed by atoms with Gasteiger partial charge in [0.05, 0.1) is 18.1 Å². The molecule has 6 heteroatoms. The molecule has 140 valence electrons. The summed E-state index contributed by atoms with van der Waals surface area (Å²) in [4.78, 5) is 31.8. The van der Waals surface area contributed by atoms with Crippen molar-refractivity contribution in [1.82, 2.24) is 15.3 Å². The lowest BCUT2D eigenvalue weighted by molar-refractivity contribution is -0.121. The lowest BCUT2D eigenvalue weighted by atomic mass is 10.1. The minimum Gasteiger partial charge on any atom is -0.497 e. The number of fused-ring (bicyclic) bond motifs is 1. The molecule has 0 radical (unpaired) electrons. The lowest BCUT2D eigenvalue weighted by Gasteiger charge is -2.05. The van der Waals surface area contributed by atoms with Crippen molar-refractivity contribution in [2.75, 3.05) is 13.7 Å². The maximum absolute atomic E-state index is 12.1. The van der Waals surface area contributed by atoms with Crippen molar-refractivity contribution < 1.29 is 14.3 Å². The SMILES string of the molecule is COc1ccc(C(=O)CCCC(=O)NCCc2nc3ccccc3[nH]2)cc1. The van der Waals surface area contributed by atoms with E-state index in [0.717, 1.165) is 22.6 Å². The van der Waals surface area contributed by atoms with Crippen LogP contribution >= 0.6 is 0 Å². The van der Waals surface area contributed by atoms with Crippen molar-refractivity contribution in [2.45, 2.75) is 25.7 Å². The van der Waals surface area contributed by atoms with Crippen LogP contribution in [0, 0.1) is 0 Å². The number of imidazole rings is 1. The molecule has 0 unspecified atom stereocenters. The van der Waals surface area contributed by atoms with E-state index in [1.807, 2.05) is 24.3 Å². The number of aromatic nitrogens is 2. The Morgan fingerprint density at radius 2 is 1.85 bits per heavy atom. The van der Waals surface area contributed by atoms with E-state index in [-0.39, 0.29) is 11.7 Å². The first-order valence-electron chi connectivity index (χ1n) is 9.03. The number of Topliss-reactive ketones (excluding diaryl/α,β-unsaturated/α-hetero) is 1. The number of para-hydroxylation sites is 2. The number of H-pyrrole nitrogens is 1. The third-order valence-corrected chi connectivity index (χ3v) is 4.34. The van der Waals surface area contributed by atoms with E-state index in [2.05, 4.69) is 15.3 Å². The molecule has 1 amide bonds. The molecule has 0 saturated carbocycles. The third-order valence-electron chi connectivity index (χ3n) is 4.34. The first kappa shape index (κ1) is 18.6. The fourth-order valence-corrected chi connectivity index (χ4v) is 2.86. The zero-order valence-electron chi connectivity index (χ0n) is 15.3. The predicted molar refractivity (Wildman–Crippen MR) is 104 cm³/mol. The van der Waals surface area contributed by atoms with Gasteiger partial charge >= 0.3 is 0 Å². The van der Waals surface area contributed by atoms with Crippen molar-refractivity contribution in [3.63, 3.8) is 0 Å². The summed E-state index contributed by atoms with van der Waals surface area (Å²) in [5.41, 5.74) is 2.56. The highest BCUT2D eigenvalue weighted by Crippen LogP contribution is 2.14. The van der Waals surface area contributed by atoms with E-state index in [4.69, 9.17) is 4.74 Å². The number of benzene rings is 2. The second kappa shape index (κ2) is 8.98. The van der Waals surface area contributed by atoms with Gasteiger partial charge in [-0.05, 0) is 42.8 Å². The summed E-state index contributed by atoms with van der Waals surface area (Å²) in [6.45, 7) is 0.519. The van der Waals surface area contributed by atoms with Crippen molar-refractivity contribution >= 4 is 22.7 Å². The van der Waals surface area contributed by atoms with Gasteiger partial charge in [0.1, 0.15) is 11.6 Å². The van der Waals surface area contributed by atoms with Crippen LogP contribution in [0.15, 0.2) is 48.5 Å². The van der Waals surface area contributed by atoms with Gasteiger partial charge in [-0.3, -0.25) is 9.59 Å². The molecule has 6 nitrogen and oxygen atoms in total. The highest BCUT2D eigenvalue weighted by Gasteiger charge is 2.08. The Hall–Kier alpha value is -3.15. The first-order chi connectivity index (χ1) is 13.2. The number of aromatic amines is 1. The highest BCUT2D eigenvalue weighted by atomic mass is 16.5.